The highest BCUT2D eigenvalue weighted by molar-refractivity contribution is 5.80. The summed E-state index contributed by atoms with van der Waals surface area (Å²) in [5.74, 6) is 1.14. The van der Waals surface area contributed by atoms with E-state index in [1.165, 1.54) is 0 Å². The first-order chi connectivity index (χ1) is 8.13. The van der Waals surface area contributed by atoms with E-state index in [1.807, 2.05) is 6.20 Å². The molecule has 0 atom stereocenters. The van der Waals surface area contributed by atoms with E-state index in [1.54, 1.807) is 6.20 Å². The zero-order valence-corrected chi connectivity index (χ0v) is 11.1. The molecule has 0 fully saturated rings. The molecule has 0 aliphatic carbocycles. The van der Waals surface area contributed by atoms with Crippen molar-refractivity contribution in [1.29, 1.82) is 0 Å². The fourth-order valence-electron chi connectivity index (χ4n) is 1.72. The number of imidazole rings is 1. The van der Waals surface area contributed by atoms with E-state index in [0.717, 1.165) is 25.3 Å². The second-order valence-electron chi connectivity index (χ2n) is 4.61. The van der Waals surface area contributed by atoms with Gasteiger partial charge in [-0.2, -0.15) is 0 Å². The highest BCUT2D eigenvalue weighted by Gasteiger charge is 2.08. The molecule has 0 radical (unpaired) electrons. The fraction of sp³-hybridized carbons (Fsp3) is 0.692. The van der Waals surface area contributed by atoms with Crippen LogP contribution in [0.3, 0.4) is 0 Å². The highest BCUT2D eigenvalue weighted by Crippen LogP contribution is 2.02. The lowest BCUT2D eigenvalue weighted by atomic mass is 10.2. The van der Waals surface area contributed by atoms with Gasteiger partial charge in [-0.3, -0.25) is 4.79 Å². The minimum Gasteiger partial charge on any atom is -0.335 e. The lowest BCUT2D eigenvalue weighted by molar-refractivity contribution is -0.118. The van der Waals surface area contributed by atoms with Crippen molar-refractivity contribution in [1.82, 2.24) is 14.9 Å². The number of aryl methyl sites for hydroxylation is 1. The Morgan fingerprint density at radius 1 is 1.53 bits per heavy atom. The summed E-state index contributed by atoms with van der Waals surface area (Å²) in [6.45, 7) is 7.98. The fourth-order valence-corrected chi connectivity index (χ4v) is 1.72. The van der Waals surface area contributed by atoms with Gasteiger partial charge in [0.1, 0.15) is 11.6 Å². The van der Waals surface area contributed by atoms with Crippen LogP contribution in [0.5, 0.6) is 0 Å². The third kappa shape index (κ3) is 5.13. The smallest absolute Gasteiger partial charge is 0.141 e. The van der Waals surface area contributed by atoms with E-state index in [4.69, 9.17) is 0 Å². The van der Waals surface area contributed by atoms with Crippen molar-refractivity contribution in [2.24, 2.45) is 0 Å². The van der Waals surface area contributed by atoms with Crippen LogP contribution in [0.15, 0.2) is 12.4 Å². The summed E-state index contributed by atoms with van der Waals surface area (Å²) in [6.07, 6.45) is 5.81. The monoisotopic (exact) mass is 237 g/mol. The van der Waals surface area contributed by atoms with Gasteiger partial charge < -0.3 is 9.88 Å². The SMILES string of the molecule is CCCn1ccnc1CC(=O)CCNC(C)C. The van der Waals surface area contributed by atoms with Crippen LogP contribution < -0.4 is 5.32 Å². The maximum absolute atomic E-state index is 11.8. The molecule has 0 aliphatic rings. The van der Waals surface area contributed by atoms with E-state index in [9.17, 15) is 4.79 Å². The van der Waals surface area contributed by atoms with Crippen molar-refractivity contribution in [2.45, 2.75) is 52.6 Å². The van der Waals surface area contributed by atoms with E-state index >= 15 is 0 Å². The molecule has 0 aliphatic heterocycles. The van der Waals surface area contributed by atoms with Crippen molar-refractivity contribution in [3.05, 3.63) is 18.2 Å². The van der Waals surface area contributed by atoms with E-state index in [-0.39, 0.29) is 5.78 Å². The van der Waals surface area contributed by atoms with Gasteiger partial charge in [-0.05, 0) is 6.42 Å². The molecule has 0 spiro atoms. The number of carbonyl (C=O) groups is 1. The van der Waals surface area contributed by atoms with Crippen molar-refractivity contribution in [2.75, 3.05) is 6.54 Å². The topological polar surface area (TPSA) is 46.9 Å². The number of nitrogens with one attached hydrogen (secondary N) is 1. The van der Waals surface area contributed by atoms with E-state index in [2.05, 4.69) is 35.6 Å². The Kier molecular flexibility index (Phi) is 5.91. The average molecular weight is 237 g/mol. The first-order valence-corrected chi connectivity index (χ1v) is 6.38. The molecule has 96 valence electrons. The molecule has 0 bridgehead atoms. The summed E-state index contributed by atoms with van der Waals surface area (Å²) < 4.78 is 2.06. The maximum Gasteiger partial charge on any atom is 0.141 e. The number of carbonyl (C=O) groups excluding carboxylic acids is 1. The van der Waals surface area contributed by atoms with Gasteiger partial charge in [-0.25, -0.2) is 4.98 Å². The van der Waals surface area contributed by atoms with Crippen molar-refractivity contribution >= 4 is 5.78 Å². The first-order valence-electron chi connectivity index (χ1n) is 6.38. The van der Waals surface area contributed by atoms with Crippen LogP contribution in [0.4, 0.5) is 0 Å². The van der Waals surface area contributed by atoms with Crippen LogP contribution in [0.1, 0.15) is 39.4 Å². The summed E-state index contributed by atoms with van der Waals surface area (Å²) in [4.78, 5) is 16.0. The Balaban J connectivity index is 2.37. The van der Waals surface area contributed by atoms with Gasteiger partial charge in [0.25, 0.3) is 0 Å². The Morgan fingerprint density at radius 3 is 2.94 bits per heavy atom. The molecule has 1 aromatic rings. The Hall–Kier alpha value is -1.16. The Bertz CT molecular complexity index is 344. The molecule has 0 unspecified atom stereocenters. The van der Waals surface area contributed by atoms with Gasteiger partial charge in [-0.15, -0.1) is 0 Å². The van der Waals surface area contributed by atoms with Crippen molar-refractivity contribution < 1.29 is 4.79 Å². The maximum atomic E-state index is 11.8. The normalized spacial score (nSPS) is 11.1. The molecule has 1 heterocycles. The Labute approximate surface area is 103 Å². The molecule has 4 heteroatoms. The van der Waals surface area contributed by atoms with Crippen LogP contribution in [0.25, 0.3) is 0 Å². The molecule has 4 nitrogen and oxygen atoms in total. The second-order valence-corrected chi connectivity index (χ2v) is 4.61. The predicted molar refractivity (Wildman–Crippen MR) is 69.0 cm³/mol. The average Bonchev–Trinajstić information content (AvgIpc) is 2.66. The zero-order valence-electron chi connectivity index (χ0n) is 11.1. The number of Topliss-reactive ketones (excluding diaryl/α,β-unsaturated/α-hetero) is 1. The number of aromatic nitrogens is 2. The van der Waals surface area contributed by atoms with Gasteiger partial charge in [0.2, 0.25) is 0 Å². The summed E-state index contributed by atoms with van der Waals surface area (Å²) in [5, 5.41) is 3.25. The number of nitrogens with zero attached hydrogens (tertiary/aromatic N) is 2. The molecule has 17 heavy (non-hydrogen) atoms. The zero-order chi connectivity index (χ0) is 12.7. The molecule has 1 rings (SSSR count). The van der Waals surface area contributed by atoms with Crippen molar-refractivity contribution in [3.8, 4) is 0 Å². The van der Waals surface area contributed by atoms with Crippen molar-refractivity contribution in [3.63, 3.8) is 0 Å². The number of hydrogen-bond donors (Lipinski definition) is 1. The summed E-state index contributed by atoms with van der Waals surface area (Å²) in [6, 6.07) is 0.435. The minimum absolute atomic E-state index is 0.252. The standard InChI is InChI=1S/C13H23N3O/c1-4-8-16-9-7-15-13(16)10-12(17)5-6-14-11(2)3/h7,9,11,14H,4-6,8,10H2,1-3H3. The van der Waals surface area contributed by atoms with Crippen LogP contribution in [0, 0.1) is 0 Å². The van der Waals surface area contributed by atoms with Crippen LogP contribution >= 0.6 is 0 Å². The van der Waals surface area contributed by atoms with Gasteiger partial charge in [0, 0.05) is 37.9 Å². The van der Waals surface area contributed by atoms with Gasteiger partial charge in [-0.1, -0.05) is 20.8 Å². The lowest BCUT2D eigenvalue weighted by Crippen LogP contribution is -2.26. The van der Waals surface area contributed by atoms with Crippen LogP contribution in [-0.4, -0.2) is 27.9 Å². The van der Waals surface area contributed by atoms with Gasteiger partial charge >= 0.3 is 0 Å². The molecule has 1 N–H and O–H groups in total. The molecular weight excluding hydrogens is 214 g/mol. The molecular formula is C13H23N3O. The molecule has 0 saturated carbocycles. The largest absolute Gasteiger partial charge is 0.335 e. The van der Waals surface area contributed by atoms with E-state index in [0.29, 0.717) is 18.9 Å². The number of rotatable bonds is 8. The molecule has 0 saturated heterocycles. The second kappa shape index (κ2) is 7.22. The van der Waals surface area contributed by atoms with Gasteiger partial charge in [0.15, 0.2) is 0 Å². The van der Waals surface area contributed by atoms with Crippen LogP contribution in [0.2, 0.25) is 0 Å². The summed E-state index contributed by atoms with van der Waals surface area (Å²) >= 11 is 0. The summed E-state index contributed by atoms with van der Waals surface area (Å²) in [5.41, 5.74) is 0. The summed E-state index contributed by atoms with van der Waals surface area (Å²) in [7, 11) is 0. The third-order valence-corrected chi connectivity index (χ3v) is 2.58. The minimum atomic E-state index is 0.252. The van der Waals surface area contributed by atoms with Gasteiger partial charge in [0.05, 0.1) is 6.42 Å². The quantitative estimate of drug-likeness (QED) is 0.750. The molecule has 0 aromatic carbocycles. The first kappa shape index (κ1) is 13.9. The third-order valence-electron chi connectivity index (χ3n) is 2.58. The number of hydrogen-bond acceptors (Lipinski definition) is 3. The van der Waals surface area contributed by atoms with E-state index < -0.39 is 0 Å². The number of ketones is 1. The highest BCUT2D eigenvalue weighted by atomic mass is 16.1. The lowest BCUT2D eigenvalue weighted by Gasteiger charge is -2.08. The predicted octanol–water partition coefficient (Wildman–Crippen LogP) is 1.79. The molecule has 0 amide bonds. The molecule has 1 aromatic heterocycles. The van der Waals surface area contributed by atoms with Crippen LogP contribution in [-0.2, 0) is 17.8 Å². The Morgan fingerprint density at radius 2 is 2.29 bits per heavy atom.